The average molecular weight is 381 g/mol. The molecule has 0 radical (unpaired) electrons. The van der Waals surface area contributed by atoms with Crippen molar-refractivity contribution < 1.29 is 9.53 Å². The van der Waals surface area contributed by atoms with Crippen molar-refractivity contribution in [1.82, 2.24) is 10.2 Å². The van der Waals surface area contributed by atoms with Crippen LogP contribution in [0.2, 0.25) is 10.0 Å². The van der Waals surface area contributed by atoms with Gasteiger partial charge in [0.1, 0.15) is 5.75 Å². The molecule has 0 saturated carbocycles. The molecule has 0 bridgehead atoms. The van der Waals surface area contributed by atoms with Gasteiger partial charge in [-0.3, -0.25) is 4.79 Å². The van der Waals surface area contributed by atoms with Crippen LogP contribution in [0.1, 0.15) is 17.2 Å². The molecule has 2 aromatic rings. The molecule has 1 amide bonds. The van der Waals surface area contributed by atoms with Gasteiger partial charge in [-0.05, 0) is 49.5 Å². The third-order valence-electron chi connectivity index (χ3n) is 4.02. The van der Waals surface area contributed by atoms with Crippen LogP contribution in [-0.2, 0) is 11.2 Å². The number of rotatable bonds is 7. The van der Waals surface area contributed by atoms with Crippen LogP contribution in [-0.4, -0.2) is 38.6 Å². The lowest BCUT2D eigenvalue weighted by molar-refractivity contribution is -0.120. The number of likely N-dealkylation sites (N-methyl/N-ethyl adjacent to an activating group) is 1. The third-order valence-corrected chi connectivity index (χ3v) is 4.72. The lowest BCUT2D eigenvalue weighted by Gasteiger charge is -2.25. The number of methoxy groups -OCH3 is 1. The molecular weight excluding hydrogens is 359 g/mol. The quantitative estimate of drug-likeness (QED) is 0.789. The summed E-state index contributed by atoms with van der Waals surface area (Å²) in [7, 11) is 5.59. The highest BCUT2D eigenvalue weighted by atomic mass is 35.5. The van der Waals surface area contributed by atoms with Crippen molar-refractivity contribution in [1.29, 1.82) is 0 Å². The van der Waals surface area contributed by atoms with E-state index in [1.807, 2.05) is 38.4 Å². The molecule has 2 rings (SSSR count). The second-order valence-electron chi connectivity index (χ2n) is 5.93. The van der Waals surface area contributed by atoms with Crippen LogP contribution in [0.3, 0.4) is 0 Å². The summed E-state index contributed by atoms with van der Waals surface area (Å²) >= 11 is 12.3. The fraction of sp³-hybridized carbons (Fsp3) is 0.316. The number of nitrogens with zero attached hydrogens (tertiary/aromatic N) is 1. The van der Waals surface area contributed by atoms with Crippen molar-refractivity contribution in [3.63, 3.8) is 0 Å². The molecule has 0 aromatic heterocycles. The molecule has 0 fully saturated rings. The number of hydrogen-bond acceptors (Lipinski definition) is 3. The Labute approximate surface area is 158 Å². The summed E-state index contributed by atoms with van der Waals surface area (Å²) in [4.78, 5) is 14.4. The van der Waals surface area contributed by atoms with Crippen LogP contribution >= 0.6 is 23.2 Å². The number of carbonyl (C=O) groups is 1. The minimum absolute atomic E-state index is 0.0524. The standard InChI is InChI=1S/C19H22Cl2N2O2/c1-23(2)18(13-7-9-14(25-3)10-8-13)12-22-19(24)11-15-16(20)5-4-6-17(15)21/h4-10,18H,11-12H2,1-3H3,(H,22,24). The molecule has 6 heteroatoms. The molecule has 0 spiro atoms. The molecule has 134 valence electrons. The Bertz CT molecular complexity index is 698. The highest BCUT2D eigenvalue weighted by molar-refractivity contribution is 6.36. The zero-order valence-corrected chi connectivity index (χ0v) is 16.1. The Kier molecular flexibility index (Phi) is 7.12. The first-order valence-electron chi connectivity index (χ1n) is 7.92. The summed E-state index contributed by atoms with van der Waals surface area (Å²) in [6.45, 7) is 0.486. The molecule has 2 aromatic carbocycles. The second-order valence-corrected chi connectivity index (χ2v) is 6.75. The molecular formula is C19H22Cl2N2O2. The lowest BCUT2D eigenvalue weighted by atomic mass is 10.1. The smallest absolute Gasteiger partial charge is 0.224 e. The van der Waals surface area contributed by atoms with Crippen molar-refractivity contribution in [3.8, 4) is 5.75 Å². The Morgan fingerprint density at radius 3 is 2.24 bits per heavy atom. The Morgan fingerprint density at radius 1 is 1.12 bits per heavy atom. The third kappa shape index (κ3) is 5.36. The lowest BCUT2D eigenvalue weighted by Crippen LogP contribution is -2.35. The van der Waals surface area contributed by atoms with Gasteiger partial charge in [-0.1, -0.05) is 41.4 Å². The molecule has 0 aliphatic carbocycles. The van der Waals surface area contributed by atoms with E-state index in [-0.39, 0.29) is 18.4 Å². The van der Waals surface area contributed by atoms with Gasteiger partial charge in [0.25, 0.3) is 0 Å². The maximum Gasteiger partial charge on any atom is 0.224 e. The minimum atomic E-state index is -0.115. The Morgan fingerprint density at radius 2 is 1.72 bits per heavy atom. The SMILES string of the molecule is COc1ccc(C(CNC(=O)Cc2c(Cl)cccc2Cl)N(C)C)cc1. The van der Waals surface area contributed by atoms with E-state index in [2.05, 4.69) is 10.2 Å². The van der Waals surface area contributed by atoms with Gasteiger partial charge in [0.2, 0.25) is 5.91 Å². The number of carbonyl (C=O) groups excluding carboxylic acids is 1. The van der Waals surface area contributed by atoms with E-state index in [1.54, 1.807) is 25.3 Å². The topological polar surface area (TPSA) is 41.6 Å². The van der Waals surface area contributed by atoms with Gasteiger partial charge in [-0.15, -0.1) is 0 Å². The number of ether oxygens (including phenoxy) is 1. The molecule has 25 heavy (non-hydrogen) atoms. The van der Waals surface area contributed by atoms with Crippen LogP contribution in [0.15, 0.2) is 42.5 Å². The van der Waals surface area contributed by atoms with Gasteiger partial charge in [-0.25, -0.2) is 0 Å². The van der Waals surface area contributed by atoms with Crippen LogP contribution in [0, 0.1) is 0 Å². The second kappa shape index (κ2) is 9.09. The van der Waals surface area contributed by atoms with E-state index in [9.17, 15) is 4.79 Å². The maximum atomic E-state index is 12.3. The predicted octanol–water partition coefficient (Wildman–Crippen LogP) is 3.96. The normalized spacial score (nSPS) is 12.1. The molecule has 0 aliphatic heterocycles. The summed E-state index contributed by atoms with van der Waals surface area (Å²) in [5.41, 5.74) is 1.75. The minimum Gasteiger partial charge on any atom is -0.497 e. The van der Waals surface area contributed by atoms with Crippen LogP contribution in [0.25, 0.3) is 0 Å². The van der Waals surface area contributed by atoms with Crippen molar-refractivity contribution in [3.05, 3.63) is 63.6 Å². The summed E-state index contributed by atoms with van der Waals surface area (Å²) < 4.78 is 5.19. The van der Waals surface area contributed by atoms with E-state index in [0.717, 1.165) is 11.3 Å². The van der Waals surface area contributed by atoms with Crippen LogP contribution < -0.4 is 10.1 Å². The van der Waals surface area contributed by atoms with Gasteiger partial charge in [0.15, 0.2) is 0 Å². The average Bonchev–Trinajstić information content (AvgIpc) is 2.59. The number of halogens is 2. The number of amides is 1. The summed E-state index contributed by atoms with van der Waals surface area (Å²) in [6, 6.07) is 13.1. The molecule has 0 aliphatic rings. The van der Waals surface area contributed by atoms with E-state index in [4.69, 9.17) is 27.9 Å². The van der Waals surface area contributed by atoms with Crippen molar-refractivity contribution in [2.75, 3.05) is 27.7 Å². The van der Waals surface area contributed by atoms with Gasteiger partial charge >= 0.3 is 0 Å². The van der Waals surface area contributed by atoms with Gasteiger partial charge in [0.05, 0.1) is 19.6 Å². The fourth-order valence-corrected chi connectivity index (χ4v) is 3.09. The number of nitrogens with one attached hydrogen (secondary N) is 1. The van der Waals surface area contributed by atoms with Gasteiger partial charge in [0, 0.05) is 16.6 Å². The zero-order chi connectivity index (χ0) is 18.4. The van der Waals surface area contributed by atoms with Crippen molar-refractivity contribution in [2.45, 2.75) is 12.5 Å². The maximum absolute atomic E-state index is 12.3. The Balaban J connectivity index is 2.01. The summed E-state index contributed by atoms with van der Waals surface area (Å²) in [6.07, 6.45) is 0.154. The molecule has 4 nitrogen and oxygen atoms in total. The largest absolute Gasteiger partial charge is 0.497 e. The van der Waals surface area contributed by atoms with Crippen molar-refractivity contribution >= 4 is 29.1 Å². The molecule has 1 unspecified atom stereocenters. The number of hydrogen-bond donors (Lipinski definition) is 1. The predicted molar refractivity (Wildman–Crippen MR) is 103 cm³/mol. The molecule has 1 N–H and O–H groups in total. The molecule has 0 saturated heterocycles. The van der Waals surface area contributed by atoms with Gasteiger partial charge < -0.3 is 15.0 Å². The first kappa shape index (κ1) is 19.6. The number of benzene rings is 2. The Hall–Kier alpha value is -1.75. The first-order valence-corrected chi connectivity index (χ1v) is 8.68. The fourth-order valence-electron chi connectivity index (χ4n) is 2.56. The van der Waals surface area contributed by atoms with Gasteiger partial charge in [-0.2, -0.15) is 0 Å². The van der Waals surface area contributed by atoms with Crippen LogP contribution in [0.4, 0.5) is 0 Å². The van der Waals surface area contributed by atoms with E-state index in [1.165, 1.54) is 0 Å². The highest BCUT2D eigenvalue weighted by Gasteiger charge is 2.17. The van der Waals surface area contributed by atoms with Crippen LogP contribution in [0.5, 0.6) is 5.75 Å². The molecule has 1 atom stereocenters. The van der Waals surface area contributed by atoms with Crippen molar-refractivity contribution in [2.24, 2.45) is 0 Å². The zero-order valence-electron chi connectivity index (χ0n) is 14.6. The van der Waals surface area contributed by atoms with E-state index >= 15 is 0 Å². The highest BCUT2D eigenvalue weighted by Crippen LogP contribution is 2.25. The summed E-state index contributed by atoms with van der Waals surface area (Å²) in [5.74, 6) is 0.689. The summed E-state index contributed by atoms with van der Waals surface area (Å²) in [5, 5.41) is 3.97. The van der Waals surface area contributed by atoms with E-state index in [0.29, 0.717) is 22.2 Å². The first-order chi connectivity index (χ1) is 11.9. The monoisotopic (exact) mass is 380 g/mol. The molecule has 0 heterocycles. The van der Waals surface area contributed by atoms with E-state index < -0.39 is 0 Å².